The molecule has 0 aliphatic carbocycles. The van der Waals surface area contributed by atoms with Gasteiger partial charge in [-0.15, -0.1) is 0 Å². The Balaban J connectivity index is 1.76. The number of hydrogen-bond donors (Lipinski definition) is 0. The van der Waals surface area contributed by atoms with Gasteiger partial charge in [-0.1, -0.05) is 30.3 Å². The third-order valence-corrected chi connectivity index (χ3v) is 4.55. The second-order valence-corrected chi connectivity index (χ2v) is 6.64. The molecule has 1 aromatic carbocycles. The van der Waals surface area contributed by atoms with E-state index in [2.05, 4.69) is 27.2 Å². The second-order valence-electron chi connectivity index (χ2n) is 6.64. The Morgan fingerprint density at radius 1 is 1.32 bits per heavy atom. The maximum atomic E-state index is 12.1. The zero-order valence-corrected chi connectivity index (χ0v) is 14.9. The molecule has 25 heavy (non-hydrogen) atoms. The summed E-state index contributed by atoms with van der Waals surface area (Å²) in [6, 6.07) is 10.3. The third kappa shape index (κ3) is 4.17. The van der Waals surface area contributed by atoms with Gasteiger partial charge in [-0.25, -0.2) is 0 Å². The first-order chi connectivity index (χ1) is 12.1. The molecular weight excluding hydrogens is 320 g/mol. The fourth-order valence-corrected chi connectivity index (χ4v) is 3.31. The normalized spacial score (nSPS) is 21.1. The average molecular weight is 344 g/mol. The minimum atomic E-state index is -0.162. The highest BCUT2D eigenvalue weighted by molar-refractivity contribution is 5.72. The van der Waals surface area contributed by atoms with E-state index >= 15 is 0 Å². The monoisotopic (exact) mass is 344 g/mol. The second kappa shape index (κ2) is 7.65. The van der Waals surface area contributed by atoms with E-state index in [0.717, 1.165) is 13.0 Å². The van der Waals surface area contributed by atoms with Crippen molar-refractivity contribution in [1.82, 2.24) is 15.0 Å². The van der Waals surface area contributed by atoms with Crippen LogP contribution in [0, 0.1) is 5.92 Å². The van der Waals surface area contributed by atoms with Gasteiger partial charge >= 0.3 is 5.97 Å². The number of anilines is 1. The molecule has 1 fully saturated rings. The van der Waals surface area contributed by atoms with Gasteiger partial charge in [0.25, 0.3) is 5.95 Å². The first-order valence-electron chi connectivity index (χ1n) is 8.42. The van der Waals surface area contributed by atoms with Gasteiger partial charge in [0.1, 0.15) is 0 Å². The molecular formula is C18H24N4O3. The lowest BCUT2D eigenvalue weighted by Crippen LogP contribution is -2.42. The van der Waals surface area contributed by atoms with E-state index in [-0.39, 0.29) is 17.8 Å². The Morgan fingerprint density at radius 3 is 2.72 bits per heavy atom. The smallest absolute Gasteiger partial charge is 0.309 e. The molecule has 0 spiro atoms. The van der Waals surface area contributed by atoms with Crippen molar-refractivity contribution in [2.45, 2.75) is 18.9 Å². The number of nitrogens with zero attached hydrogens (tertiary/aromatic N) is 4. The van der Waals surface area contributed by atoms with Crippen LogP contribution in [0.5, 0.6) is 0 Å². The first kappa shape index (κ1) is 17.4. The molecule has 2 heterocycles. The Bertz CT molecular complexity index is 701. The van der Waals surface area contributed by atoms with Gasteiger partial charge in [0.05, 0.1) is 19.6 Å². The molecule has 2 aromatic rings. The lowest BCUT2D eigenvalue weighted by molar-refractivity contribution is -0.147. The average Bonchev–Trinajstić information content (AvgIpc) is 3.10. The molecule has 1 aromatic heterocycles. The lowest BCUT2D eigenvalue weighted by atomic mass is 9.84. The molecule has 7 heteroatoms. The zero-order chi connectivity index (χ0) is 17.8. The van der Waals surface area contributed by atoms with Crippen molar-refractivity contribution >= 4 is 11.9 Å². The molecule has 134 valence electrons. The maximum Gasteiger partial charge on any atom is 0.309 e. The number of hydrogen-bond acceptors (Lipinski definition) is 7. The fraction of sp³-hybridized carbons (Fsp3) is 0.500. The van der Waals surface area contributed by atoms with Gasteiger partial charge in [-0.2, -0.15) is 4.98 Å². The summed E-state index contributed by atoms with van der Waals surface area (Å²) in [4.78, 5) is 20.5. The highest BCUT2D eigenvalue weighted by atomic mass is 16.5. The number of piperidine rings is 1. The van der Waals surface area contributed by atoms with Crippen LogP contribution in [0.15, 0.2) is 34.9 Å². The summed E-state index contributed by atoms with van der Waals surface area (Å²) < 4.78 is 10.3. The lowest BCUT2D eigenvalue weighted by Gasteiger charge is -2.36. The molecule has 0 unspecified atom stereocenters. The highest BCUT2D eigenvalue weighted by Gasteiger charge is 2.33. The molecule has 0 radical (unpaired) electrons. The fourth-order valence-electron chi connectivity index (χ4n) is 3.31. The Kier molecular flexibility index (Phi) is 5.33. The number of benzene rings is 1. The van der Waals surface area contributed by atoms with Crippen LogP contribution in [-0.4, -0.2) is 55.3 Å². The summed E-state index contributed by atoms with van der Waals surface area (Å²) in [6.45, 7) is 2.00. The number of likely N-dealkylation sites (tertiary alicyclic amines) is 1. The predicted molar refractivity (Wildman–Crippen MR) is 93.2 cm³/mol. The van der Waals surface area contributed by atoms with Gasteiger partial charge in [0, 0.05) is 27.2 Å². The number of rotatable bonds is 5. The van der Waals surface area contributed by atoms with Gasteiger partial charge < -0.3 is 14.2 Å². The minimum absolute atomic E-state index is 0.153. The molecule has 1 saturated heterocycles. The summed E-state index contributed by atoms with van der Waals surface area (Å²) >= 11 is 0. The van der Waals surface area contributed by atoms with E-state index in [1.54, 1.807) is 4.90 Å². The van der Waals surface area contributed by atoms with Crippen LogP contribution in [-0.2, 0) is 16.1 Å². The van der Waals surface area contributed by atoms with Crippen molar-refractivity contribution in [3.8, 4) is 0 Å². The van der Waals surface area contributed by atoms with E-state index < -0.39 is 0 Å². The summed E-state index contributed by atoms with van der Waals surface area (Å²) in [7, 11) is 5.18. The van der Waals surface area contributed by atoms with Gasteiger partial charge in [0.15, 0.2) is 0 Å². The summed E-state index contributed by atoms with van der Waals surface area (Å²) in [5.41, 5.74) is 1.24. The van der Waals surface area contributed by atoms with E-state index in [4.69, 9.17) is 9.26 Å². The molecule has 1 aliphatic rings. The van der Waals surface area contributed by atoms with Crippen LogP contribution < -0.4 is 4.90 Å². The maximum absolute atomic E-state index is 12.1. The van der Waals surface area contributed by atoms with Crippen LogP contribution >= 0.6 is 0 Å². The van der Waals surface area contributed by atoms with E-state index in [0.29, 0.717) is 24.9 Å². The number of aromatic nitrogens is 2. The first-order valence-corrected chi connectivity index (χ1v) is 8.42. The number of carbonyl (C=O) groups excluding carboxylic acids is 1. The van der Waals surface area contributed by atoms with E-state index in [9.17, 15) is 4.79 Å². The molecule has 3 rings (SSSR count). The van der Waals surface area contributed by atoms with E-state index in [1.165, 1.54) is 12.7 Å². The van der Waals surface area contributed by atoms with Crippen LogP contribution in [0.4, 0.5) is 5.95 Å². The molecule has 1 aliphatic heterocycles. The van der Waals surface area contributed by atoms with Gasteiger partial charge in [-0.05, 0) is 23.1 Å². The van der Waals surface area contributed by atoms with Gasteiger partial charge in [-0.3, -0.25) is 9.69 Å². The SMILES string of the molecule is COC(=O)[C@H]1C[C@H](c2ccccc2)CN(Cc2nc(N(C)C)no2)C1. The molecule has 0 N–H and O–H groups in total. The Morgan fingerprint density at radius 2 is 2.08 bits per heavy atom. The van der Waals surface area contributed by atoms with Crippen LogP contribution in [0.25, 0.3) is 0 Å². The van der Waals surface area contributed by atoms with Crippen molar-refractivity contribution in [3.05, 3.63) is 41.8 Å². The topological polar surface area (TPSA) is 71.7 Å². The zero-order valence-electron chi connectivity index (χ0n) is 14.9. The summed E-state index contributed by atoms with van der Waals surface area (Å²) in [5, 5.41) is 3.95. The number of ether oxygens (including phenoxy) is 1. The molecule has 0 amide bonds. The van der Waals surface area contributed by atoms with Gasteiger partial charge in [0.2, 0.25) is 5.89 Å². The Hall–Kier alpha value is -2.41. The molecule has 2 atom stereocenters. The minimum Gasteiger partial charge on any atom is -0.469 e. The molecule has 0 saturated carbocycles. The number of methoxy groups -OCH3 is 1. The van der Waals surface area contributed by atoms with Crippen molar-refractivity contribution in [2.24, 2.45) is 5.92 Å². The van der Waals surface area contributed by atoms with E-state index in [1.807, 2.05) is 32.3 Å². The molecule has 7 nitrogen and oxygen atoms in total. The third-order valence-electron chi connectivity index (χ3n) is 4.55. The standard InChI is InChI=1S/C18H24N4O3/c1-21(2)18-19-16(25-20-18)12-22-10-14(13-7-5-4-6-8-13)9-15(11-22)17(23)24-3/h4-8,14-15H,9-12H2,1-3H3/t14-,15-/m0/s1. The number of carbonyl (C=O) groups is 1. The predicted octanol–water partition coefficient (Wildman–Crippen LogP) is 1.91. The van der Waals surface area contributed by atoms with Crippen molar-refractivity contribution < 1.29 is 14.1 Å². The van der Waals surface area contributed by atoms with Crippen molar-refractivity contribution in [3.63, 3.8) is 0 Å². The van der Waals surface area contributed by atoms with Crippen molar-refractivity contribution in [2.75, 3.05) is 39.2 Å². The van der Waals surface area contributed by atoms with Crippen LogP contribution in [0.3, 0.4) is 0 Å². The number of esters is 1. The van der Waals surface area contributed by atoms with Crippen LogP contribution in [0.2, 0.25) is 0 Å². The summed E-state index contributed by atoms with van der Waals surface area (Å²) in [5.74, 6) is 1.07. The Labute approximate surface area is 147 Å². The highest BCUT2D eigenvalue weighted by Crippen LogP contribution is 2.31. The molecule has 0 bridgehead atoms. The summed E-state index contributed by atoms with van der Waals surface area (Å²) in [6.07, 6.45) is 0.792. The van der Waals surface area contributed by atoms with Crippen molar-refractivity contribution in [1.29, 1.82) is 0 Å². The van der Waals surface area contributed by atoms with Crippen LogP contribution in [0.1, 0.15) is 23.8 Å². The largest absolute Gasteiger partial charge is 0.469 e. The quantitative estimate of drug-likeness (QED) is 0.767.